The van der Waals surface area contributed by atoms with Crippen LogP contribution in [0.5, 0.6) is 11.5 Å². The monoisotopic (exact) mass is 499 g/mol. The second-order valence-corrected chi connectivity index (χ2v) is 10.2. The number of aliphatic hydroxyl groups excluding tert-OH is 1. The fraction of sp³-hybridized carbons (Fsp3) is 0.481. The number of amides is 1. The van der Waals surface area contributed by atoms with E-state index in [0.29, 0.717) is 61.1 Å². The summed E-state index contributed by atoms with van der Waals surface area (Å²) in [6.07, 6.45) is 2.33. The van der Waals surface area contributed by atoms with Crippen molar-refractivity contribution in [3.8, 4) is 11.5 Å². The molecule has 4 N–H and O–H groups in total. The van der Waals surface area contributed by atoms with Crippen LogP contribution in [0.25, 0.3) is 5.57 Å². The molecule has 3 aliphatic rings. The van der Waals surface area contributed by atoms with E-state index in [-0.39, 0.29) is 35.8 Å². The van der Waals surface area contributed by atoms with Crippen LogP contribution in [0.1, 0.15) is 52.0 Å². The van der Waals surface area contributed by atoms with E-state index in [1.165, 1.54) is 12.1 Å². The first-order chi connectivity index (χ1) is 17.0. The molecule has 0 radical (unpaired) electrons. The SMILES string of the molecule is CC(C)(C)OC(=O)NCCCCOC1=C(c2ccc(O)c(O)c2)CC2=C(C1=O)C(O)CC(C1CO1)=C2. The summed E-state index contributed by atoms with van der Waals surface area (Å²) >= 11 is 0. The summed E-state index contributed by atoms with van der Waals surface area (Å²) in [6.45, 7) is 6.61. The number of carbonyl (C=O) groups is 2. The van der Waals surface area contributed by atoms with Crippen molar-refractivity contribution in [3.63, 3.8) is 0 Å². The van der Waals surface area contributed by atoms with Crippen molar-refractivity contribution in [2.45, 2.75) is 64.3 Å². The number of allylic oxidation sites excluding steroid dienone is 4. The number of aliphatic hydroxyl groups is 1. The molecular formula is C27H33NO8. The summed E-state index contributed by atoms with van der Waals surface area (Å²) in [7, 11) is 0. The van der Waals surface area contributed by atoms with Gasteiger partial charge in [-0.2, -0.15) is 0 Å². The molecule has 2 atom stereocenters. The van der Waals surface area contributed by atoms with Gasteiger partial charge >= 0.3 is 6.09 Å². The molecule has 1 heterocycles. The Kier molecular flexibility index (Phi) is 7.42. The molecule has 0 saturated carbocycles. The molecule has 1 aliphatic heterocycles. The lowest BCUT2D eigenvalue weighted by molar-refractivity contribution is -0.116. The van der Waals surface area contributed by atoms with Crippen molar-refractivity contribution in [2.24, 2.45) is 0 Å². The third-order valence-corrected chi connectivity index (χ3v) is 6.12. The van der Waals surface area contributed by atoms with E-state index in [0.717, 1.165) is 5.57 Å². The Balaban J connectivity index is 1.47. The number of phenols is 2. The zero-order chi connectivity index (χ0) is 26.0. The maximum Gasteiger partial charge on any atom is 0.407 e. The molecule has 0 spiro atoms. The van der Waals surface area contributed by atoms with E-state index in [2.05, 4.69) is 5.32 Å². The van der Waals surface area contributed by atoms with Gasteiger partial charge in [0.05, 0.1) is 19.3 Å². The van der Waals surface area contributed by atoms with Crippen molar-refractivity contribution in [3.05, 3.63) is 52.3 Å². The second kappa shape index (κ2) is 10.4. The van der Waals surface area contributed by atoms with Gasteiger partial charge in [-0.05, 0) is 62.5 Å². The quantitative estimate of drug-likeness (QED) is 0.242. The Hall–Kier alpha value is -3.30. The lowest BCUT2D eigenvalue weighted by Crippen LogP contribution is -2.33. The van der Waals surface area contributed by atoms with Gasteiger partial charge in [-0.1, -0.05) is 12.1 Å². The number of alkyl carbamates (subject to hydrolysis) is 1. The van der Waals surface area contributed by atoms with Gasteiger partial charge in [-0.15, -0.1) is 0 Å². The minimum atomic E-state index is -0.942. The molecule has 1 fully saturated rings. The molecule has 9 nitrogen and oxygen atoms in total. The van der Waals surface area contributed by atoms with E-state index in [1.54, 1.807) is 26.8 Å². The zero-order valence-corrected chi connectivity index (χ0v) is 20.8. The van der Waals surface area contributed by atoms with E-state index in [1.807, 2.05) is 6.08 Å². The molecule has 1 aromatic rings. The average molecular weight is 500 g/mol. The highest BCUT2D eigenvalue weighted by Gasteiger charge is 2.39. The van der Waals surface area contributed by atoms with Crippen LogP contribution in [-0.4, -0.2) is 64.8 Å². The zero-order valence-electron chi connectivity index (χ0n) is 20.8. The molecule has 9 heteroatoms. The number of phenolic OH excluding ortho intramolecular Hbond substituents is 2. The molecule has 0 bridgehead atoms. The predicted octanol–water partition coefficient (Wildman–Crippen LogP) is 3.49. The standard InChI is InChI=1S/C27H33NO8/c1-27(2,3)36-26(33)28-8-4-5-9-34-25-18(15-6-7-19(29)20(30)12-15)11-17-10-16(22-14-35-22)13-21(31)23(17)24(25)32/h6-7,10,12,21-22,29-31H,4-5,8-9,11,13-14H2,1-3H3,(H,28,33). The van der Waals surface area contributed by atoms with E-state index in [9.17, 15) is 24.9 Å². The first-order valence-corrected chi connectivity index (χ1v) is 12.2. The first kappa shape index (κ1) is 25.8. The molecule has 1 amide bonds. The van der Waals surface area contributed by atoms with Crippen LogP contribution in [0.3, 0.4) is 0 Å². The summed E-state index contributed by atoms with van der Waals surface area (Å²) in [5.41, 5.74) is 2.54. The van der Waals surface area contributed by atoms with Gasteiger partial charge in [-0.3, -0.25) is 4.79 Å². The van der Waals surface area contributed by atoms with Crippen molar-refractivity contribution in [1.29, 1.82) is 0 Å². The van der Waals surface area contributed by atoms with Crippen LogP contribution in [-0.2, 0) is 19.0 Å². The van der Waals surface area contributed by atoms with Gasteiger partial charge in [-0.25, -0.2) is 4.79 Å². The maximum atomic E-state index is 13.5. The Morgan fingerprint density at radius 2 is 1.94 bits per heavy atom. The third-order valence-electron chi connectivity index (χ3n) is 6.12. The molecule has 4 rings (SSSR count). The van der Waals surface area contributed by atoms with Crippen molar-refractivity contribution >= 4 is 17.4 Å². The minimum Gasteiger partial charge on any atom is -0.504 e. The van der Waals surface area contributed by atoms with E-state index >= 15 is 0 Å². The molecule has 36 heavy (non-hydrogen) atoms. The number of nitrogens with one attached hydrogen (secondary N) is 1. The Morgan fingerprint density at radius 3 is 2.61 bits per heavy atom. The van der Waals surface area contributed by atoms with Crippen molar-refractivity contribution in [1.82, 2.24) is 5.32 Å². The lowest BCUT2D eigenvalue weighted by atomic mass is 9.78. The highest BCUT2D eigenvalue weighted by atomic mass is 16.6. The highest BCUT2D eigenvalue weighted by Crippen LogP contribution is 2.43. The number of carbonyl (C=O) groups excluding carboxylic acids is 2. The molecule has 2 unspecified atom stereocenters. The summed E-state index contributed by atoms with van der Waals surface area (Å²) < 4.78 is 16.5. The van der Waals surface area contributed by atoms with Gasteiger partial charge in [0.25, 0.3) is 0 Å². The maximum absolute atomic E-state index is 13.5. The first-order valence-electron chi connectivity index (χ1n) is 12.2. The van der Waals surface area contributed by atoms with Crippen LogP contribution in [0, 0.1) is 0 Å². The fourth-order valence-corrected chi connectivity index (χ4v) is 4.36. The van der Waals surface area contributed by atoms with Crippen LogP contribution in [0.15, 0.2) is 46.8 Å². The normalized spacial score (nSPS) is 21.7. The topological polar surface area (TPSA) is 138 Å². The molecule has 194 valence electrons. The van der Waals surface area contributed by atoms with Gasteiger partial charge in [0.15, 0.2) is 17.3 Å². The predicted molar refractivity (Wildman–Crippen MR) is 131 cm³/mol. The third kappa shape index (κ3) is 6.09. The Morgan fingerprint density at radius 1 is 1.19 bits per heavy atom. The molecule has 0 aromatic heterocycles. The molecule has 1 saturated heterocycles. The van der Waals surface area contributed by atoms with Gasteiger partial charge in [0.2, 0.25) is 5.78 Å². The minimum absolute atomic E-state index is 0.0131. The fourth-order valence-electron chi connectivity index (χ4n) is 4.36. The molecule has 1 aromatic carbocycles. The second-order valence-electron chi connectivity index (χ2n) is 10.2. The number of epoxide rings is 1. The number of Topliss-reactive ketones (excluding diaryl/α,β-unsaturated/α-hetero) is 1. The number of hydrogen-bond acceptors (Lipinski definition) is 8. The van der Waals surface area contributed by atoms with Crippen LogP contribution < -0.4 is 5.32 Å². The smallest absolute Gasteiger partial charge is 0.407 e. The van der Waals surface area contributed by atoms with E-state index < -0.39 is 17.8 Å². The van der Waals surface area contributed by atoms with Gasteiger partial charge in [0.1, 0.15) is 11.7 Å². The summed E-state index contributed by atoms with van der Waals surface area (Å²) in [4.78, 5) is 25.3. The highest BCUT2D eigenvalue weighted by molar-refractivity contribution is 6.15. The van der Waals surface area contributed by atoms with E-state index in [4.69, 9.17) is 14.2 Å². The number of ketones is 1. The number of rotatable bonds is 8. The summed E-state index contributed by atoms with van der Waals surface area (Å²) in [5, 5.41) is 33.2. The average Bonchev–Trinajstić information content (AvgIpc) is 3.63. The number of unbranched alkanes of at least 4 members (excludes halogenated alkanes) is 1. The summed E-state index contributed by atoms with van der Waals surface area (Å²) in [6, 6.07) is 4.37. The number of aromatic hydroxyl groups is 2. The van der Waals surface area contributed by atoms with Crippen LogP contribution in [0.4, 0.5) is 4.79 Å². The Bertz CT molecular complexity index is 1140. The Labute approximate surface area is 210 Å². The van der Waals surface area contributed by atoms with Crippen molar-refractivity contribution in [2.75, 3.05) is 19.8 Å². The summed E-state index contributed by atoms with van der Waals surface area (Å²) in [5.74, 6) is -0.823. The van der Waals surface area contributed by atoms with Crippen LogP contribution in [0.2, 0.25) is 0 Å². The number of benzene rings is 1. The molecular weight excluding hydrogens is 466 g/mol. The largest absolute Gasteiger partial charge is 0.504 e. The lowest BCUT2D eigenvalue weighted by Gasteiger charge is -2.30. The van der Waals surface area contributed by atoms with Crippen molar-refractivity contribution < 1.29 is 39.1 Å². The van der Waals surface area contributed by atoms with Gasteiger partial charge in [0, 0.05) is 30.5 Å². The van der Waals surface area contributed by atoms with Crippen LogP contribution >= 0.6 is 0 Å². The number of ether oxygens (including phenoxy) is 3. The van der Waals surface area contributed by atoms with Gasteiger partial charge < -0.3 is 34.8 Å². The number of hydrogen-bond donors (Lipinski definition) is 4. The molecule has 2 aliphatic carbocycles.